The van der Waals surface area contributed by atoms with Crippen LogP contribution in [0.25, 0.3) is 0 Å². The molecule has 1 aliphatic heterocycles. The normalized spacial score (nSPS) is 14.4. The van der Waals surface area contributed by atoms with Crippen LogP contribution in [0.4, 0.5) is 5.69 Å². The molecule has 0 fully saturated rings. The van der Waals surface area contributed by atoms with Crippen LogP contribution in [0.2, 0.25) is 0 Å². The molecule has 1 aromatic carbocycles. The molecule has 0 spiro atoms. The Labute approximate surface area is 84.7 Å². The summed E-state index contributed by atoms with van der Waals surface area (Å²) in [4.78, 5) is 33.1. The van der Waals surface area contributed by atoms with Gasteiger partial charge in [-0.05, 0) is 18.2 Å². The standard InChI is InChI=1S/C10H7NO4/c12-8-4-9(13)11-7-2-1-5(10(14)15)3-6(7)8/h1-3H,4H2,(H,11,13)(H,14,15). The van der Waals surface area contributed by atoms with Gasteiger partial charge >= 0.3 is 5.97 Å². The van der Waals surface area contributed by atoms with Gasteiger partial charge in [-0.3, -0.25) is 9.59 Å². The third kappa shape index (κ3) is 1.59. The zero-order chi connectivity index (χ0) is 11.0. The number of carboxylic acid groups (broad SMARTS) is 1. The van der Waals surface area contributed by atoms with Gasteiger partial charge in [0.25, 0.3) is 0 Å². The van der Waals surface area contributed by atoms with Crippen LogP contribution >= 0.6 is 0 Å². The summed E-state index contributed by atoms with van der Waals surface area (Å²) in [6.45, 7) is 0. The Morgan fingerprint density at radius 1 is 1.33 bits per heavy atom. The molecule has 2 rings (SSSR count). The second kappa shape index (κ2) is 3.20. The lowest BCUT2D eigenvalue weighted by molar-refractivity contribution is -0.115. The van der Waals surface area contributed by atoms with Gasteiger partial charge in [-0.15, -0.1) is 0 Å². The quantitative estimate of drug-likeness (QED) is 0.667. The molecule has 0 aliphatic carbocycles. The fraction of sp³-hybridized carbons (Fsp3) is 0.100. The first kappa shape index (κ1) is 9.39. The summed E-state index contributed by atoms with van der Waals surface area (Å²) in [7, 11) is 0. The van der Waals surface area contributed by atoms with E-state index in [0.29, 0.717) is 5.69 Å². The monoisotopic (exact) mass is 205 g/mol. The van der Waals surface area contributed by atoms with Crippen molar-refractivity contribution in [2.45, 2.75) is 6.42 Å². The molecule has 15 heavy (non-hydrogen) atoms. The van der Waals surface area contributed by atoms with Gasteiger partial charge in [0, 0.05) is 5.56 Å². The fourth-order valence-corrected chi connectivity index (χ4v) is 1.45. The molecule has 1 aromatic rings. The topological polar surface area (TPSA) is 83.5 Å². The predicted octanol–water partition coefficient (Wildman–Crippen LogP) is 0.910. The summed E-state index contributed by atoms with van der Waals surface area (Å²) >= 11 is 0. The number of Topliss-reactive ketones (excluding diaryl/α,β-unsaturated/α-hetero) is 1. The lowest BCUT2D eigenvalue weighted by Gasteiger charge is -2.15. The minimum Gasteiger partial charge on any atom is -0.478 e. The summed E-state index contributed by atoms with van der Waals surface area (Å²) < 4.78 is 0. The fourth-order valence-electron chi connectivity index (χ4n) is 1.45. The van der Waals surface area contributed by atoms with E-state index in [1.807, 2.05) is 0 Å². The number of benzene rings is 1. The van der Waals surface area contributed by atoms with Crippen molar-refractivity contribution in [2.24, 2.45) is 0 Å². The van der Waals surface area contributed by atoms with E-state index in [1.165, 1.54) is 18.2 Å². The zero-order valence-corrected chi connectivity index (χ0v) is 7.61. The molecular weight excluding hydrogens is 198 g/mol. The molecule has 0 unspecified atom stereocenters. The largest absolute Gasteiger partial charge is 0.478 e. The van der Waals surface area contributed by atoms with Crippen LogP contribution in [0.3, 0.4) is 0 Å². The first-order chi connectivity index (χ1) is 7.08. The van der Waals surface area contributed by atoms with Crippen LogP contribution in [0, 0.1) is 0 Å². The van der Waals surface area contributed by atoms with Crippen molar-refractivity contribution in [3.63, 3.8) is 0 Å². The zero-order valence-electron chi connectivity index (χ0n) is 7.61. The highest BCUT2D eigenvalue weighted by atomic mass is 16.4. The Morgan fingerprint density at radius 2 is 2.07 bits per heavy atom. The Morgan fingerprint density at radius 3 is 2.73 bits per heavy atom. The number of ketones is 1. The molecule has 0 bridgehead atoms. The van der Waals surface area contributed by atoms with Crippen molar-refractivity contribution in [3.05, 3.63) is 29.3 Å². The highest BCUT2D eigenvalue weighted by molar-refractivity contribution is 6.19. The Bertz CT molecular complexity index is 478. The molecule has 0 radical (unpaired) electrons. The van der Waals surface area contributed by atoms with Gasteiger partial charge in [-0.1, -0.05) is 0 Å². The van der Waals surface area contributed by atoms with E-state index in [0.717, 1.165) is 0 Å². The average molecular weight is 205 g/mol. The second-order valence-corrected chi connectivity index (χ2v) is 3.21. The summed E-state index contributed by atoms with van der Waals surface area (Å²) in [6.07, 6.45) is -0.226. The molecule has 0 saturated carbocycles. The van der Waals surface area contributed by atoms with Crippen molar-refractivity contribution in [1.29, 1.82) is 0 Å². The van der Waals surface area contributed by atoms with E-state index in [2.05, 4.69) is 5.32 Å². The lowest BCUT2D eigenvalue weighted by Crippen LogP contribution is -2.24. The van der Waals surface area contributed by atoms with Crippen molar-refractivity contribution < 1.29 is 19.5 Å². The number of amides is 1. The number of carbonyl (C=O) groups is 3. The van der Waals surface area contributed by atoms with E-state index in [-0.39, 0.29) is 29.2 Å². The first-order valence-electron chi connectivity index (χ1n) is 4.28. The van der Waals surface area contributed by atoms with Gasteiger partial charge in [0.2, 0.25) is 5.91 Å². The van der Waals surface area contributed by atoms with Gasteiger partial charge in [-0.2, -0.15) is 0 Å². The summed E-state index contributed by atoms with van der Waals surface area (Å²) in [5, 5.41) is 11.2. The smallest absolute Gasteiger partial charge is 0.335 e. The molecule has 1 amide bonds. The molecule has 5 heteroatoms. The van der Waals surface area contributed by atoms with Crippen LogP contribution < -0.4 is 5.32 Å². The second-order valence-electron chi connectivity index (χ2n) is 3.21. The Balaban J connectivity index is 2.52. The number of hydrogen-bond acceptors (Lipinski definition) is 3. The van der Waals surface area contributed by atoms with Crippen molar-refractivity contribution in [3.8, 4) is 0 Å². The summed E-state index contributed by atoms with van der Waals surface area (Å²) in [6, 6.07) is 4.05. The minimum absolute atomic E-state index is 0.0400. The SMILES string of the molecule is O=C1CC(=O)c2cc(C(=O)O)ccc2N1. The number of fused-ring (bicyclic) bond motifs is 1. The molecule has 76 valence electrons. The molecule has 0 saturated heterocycles. The molecule has 1 heterocycles. The number of nitrogens with one attached hydrogen (secondary N) is 1. The predicted molar refractivity (Wildman–Crippen MR) is 51.0 cm³/mol. The summed E-state index contributed by atoms with van der Waals surface area (Å²) in [5.41, 5.74) is 0.675. The number of hydrogen-bond donors (Lipinski definition) is 2. The molecule has 5 nitrogen and oxygen atoms in total. The van der Waals surface area contributed by atoms with E-state index in [9.17, 15) is 14.4 Å². The van der Waals surface area contributed by atoms with Gasteiger partial charge < -0.3 is 10.4 Å². The van der Waals surface area contributed by atoms with Crippen LogP contribution in [0.1, 0.15) is 27.1 Å². The third-order valence-electron chi connectivity index (χ3n) is 2.16. The first-order valence-corrected chi connectivity index (χ1v) is 4.28. The molecule has 0 aromatic heterocycles. The van der Waals surface area contributed by atoms with Crippen LogP contribution in [-0.4, -0.2) is 22.8 Å². The Kier molecular flexibility index (Phi) is 2.00. The van der Waals surface area contributed by atoms with Crippen LogP contribution in [0.5, 0.6) is 0 Å². The van der Waals surface area contributed by atoms with Crippen molar-refractivity contribution in [1.82, 2.24) is 0 Å². The maximum Gasteiger partial charge on any atom is 0.335 e. The van der Waals surface area contributed by atoms with E-state index >= 15 is 0 Å². The highest BCUT2D eigenvalue weighted by Gasteiger charge is 2.23. The Hall–Kier alpha value is -2.17. The number of carbonyl (C=O) groups excluding carboxylic acids is 2. The minimum atomic E-state index is -1.09. The van der Waals surface area contributed by atoms with Crippen molar-refractivity contribution in [2.75, 3.05) is 5.32 Å². The van der Waals surface area contributed by atoms with Gasteiger partial charge in [0.1, 0.15) is 0 Å². The highest BCUT2D eigenvalue weighted by Crippen LogP contribution is 2.23. The van der Waals surface area contributed by atoms with Gasteiger partial charge in [0.05, 0.1) is 17.7 Å². The number of aromatic carboxylic acids is 1. The van der Waals surface area contributed by atoms with E-state index < -0.39 is 5.97 Å². The van der Waals surface area contributed by atoms with Gasteiger partial charge in [-0.25, -0.2) is 4.79 Å². The number of carboxylic acids is 1. The molecule has 1 aliphatic rings. The maximum absolute atomic E-state index is 11.4. The van der Waals surface area contributed by atoms with Crippen LogP contribution in [-0.2, 0) is 4.79 Å². The molecular formula is C10H7NO4. The number of anilines is 1. The average Bonchev–Trinajstić information content (AvgIpc) is 2.16. The van der Waals surface area contributed by atoms with Crippen LogP contribution in [0.15, 0.2) is 18.2 Å². The number of rotatable bonds is 1. The lowest BCUT2D eigenvalue weighted by atomic mass is 9.99. The molecule has 0 atom stereocenters. The molecule has 2 N–H and O–H groups in total. The van der Waals surface area contributed by atoms with E-state index in [1.54, 1.807) is 0 Å². The maximum atomic E-state index is 11.4. The van der Waals surface area contributed by atoms with E-state index in [4.69, 9.17) is 5.11 Å². The summed E-state index contributed by atoms with van der Waals surface area (Å²) in [5.74, 6) is -1.81. The van der Waals surface area contributed by atoms with Crippen molar-refractivity contribution >= 4 is 23.3 Å². The van der Waals surface area contributed by atoms with Gasteiger partial charge in [0.15, 0.2) is 5.78 Å². The third-order valence-corrected chi connectivity index (χ3v) is 2.16.